The molecule has 10 rings (SSSR count). The minimum absolute atomic E-state index is 0.115. The van der Waals surface area contributed by atoms with Gasteiger partial charge in [0.05, 0.1) is 43.2 Å². The Morgan fingerprint density at radius 2 is 1.38 bits per heavy atom. The van der Waals surface area contributed by atoms with Crippen LogP contribution in [0, 0.1) is 28.6 Å². The summed E-state index contributed by atoms with van der Waals surface area (Å²) in [4.78, 5) is 29.6. The SMILES string of the molecule is CC1([C@H]2CC[C@H]3C45C=CC6(CC7(CC[C@]6(C)[C@H]4CC[C@]23C)OCCO7)n2c(=O)n(-c3ccccc3)c(=O)n25)OCCO1. The molecule has 2 aromatic rings. The number of allylic oxidation sites excluding steroid dienone is 2. The summed E-state index contributed by atoms with van der Waals surface area (Å²) in [5, 5.41) is 0. The predicted octanol–water partition coefficient (Wildman–Crippen LogP) is 3.91. The van der Waals surface area contributed by atoms with E-state index in [4.69, 9.17) is 18.9 Å². The van der Waals surface area contributed by atoms with Crippen LogP contribution in [-0.4, -0.2) is 51.9 Å². The fraction of sp³-hybridized carbons (Fsp3) is 0.697. The Morgan fingerprint density at radius 3 is 2.12 bits per heavy atom. The highest BCUT2D eigenvalue weighted by Gasteiger charge is 2.77. The molecule has 2 saturated heterocycles. The molecule has 7 atom stereocenters. The van der Waals surface area contributed by atoms with Crippen molar-refractivity contribution in [1.82, 2.24) is 13.9 Å². The molecule has 42 heavy (non-hydrogen) atoms. The van der Waals surface area contributed by atoms with Crippen molar-refractivity contribution >= 4 is 0 Å². The summed E-state index contributed by atoms with van der Waals surface area (Å²) in [7, 11) is 0. The highest BCUT2D eigenvalue weighted by molar-refractivity contribution is 5.38. The molecule has 5 heterocycles. The third kappa shape index (κ3) is 2.73. The van der Waals surface area contributed by atoms with Gasteiger partial charge < -0.3 is 18.9 Å². The molecular formula is C33H41N3O6. The van der Waals surface area contributed by atoms with Crippen LogP contribution in [0.2, 0.25) is 0 Å². The Kier molecular flexibility index (Phi) is 4.93. The van der Waals surface area contributed by atoms with E-state index >= 15 is 0 Å². The molecule has 9 nitrogen and oxygen atoms in total. The standard InChI is InChI=1S/C33H41N3O6/c1-28-12-11-25-29(2)13-15-32(41-19-20-42-32)21-31(29)14-16-33(25,24(28)10-9-23(28)30(3)39-17-18-40-30)36-27(38)34(26(37)35(31)36)22-7-5-4-6-8-22/h4-8,14,16,23-25H,9-13,15,17-21H2,1-3H3/t23-,24+,25+,28+,29+,31?,33?/m0/s1. The summed E-state index contributed by atoms with van der Waals surface area (Å²) in [6.07, 6.45) is 10.8. The van der Waals surface area contributed by atoms with Gasteiger partial charge in [0.1, 0.15) is 0 Å². The normalized spacial score (nSPS) is 43.7. The molecule has 3 saturated carbocycles. The second-order valence-corrected chi connectivity index (χ2v) is 14.7. The smallest absolute Gasteiger partial charge is 0.348 e. The highest BCUT2D eigenvalue weighted by Crippen LogP contribution is 2.75. The summed E-state index contributed by atoms with van der Waals surface area (Å²) < 4.78 is 30.4. The fourth-order valence-corrected chi connectivity index (χ4v) is 11.7. The van der Waals surface area contributed by atoms with Crippen LogP contribution in [0.25, 0.3) is 5.69 Å². The monoisotopic (exact) mass is 575 g/mol. The van der Waals surface area contributed by atoms with E-state index in [1.165, 1.54) is 4.57 Å². The number of rotatable bonds is 2. The number of benzene rings is 1. The summed E-state index contributed by atoms with van der Waals surface area (Å²) in [5.41, 5.74) is -1.62. The molecule has 0 N–H and O–H groups in total. The van der Waals surface area contributed by atoms with E-state index in [0.29, 0.717) is 38.5 Å². The molecule has 1 aromatic heterocycles. The Balaban J connectivity index is 1.32. The van der Waals surface area contributed by atoms with Gasteiger partial charge in [-0.3, -0.25) is 0 Å². The molecule has 224 valence electrons. The Morgan fingerprint density at radius 1 is 0.714 bits per heavy atom. The van der Waals surface area contributed by atoms with Gasteiger partial charge in [0.25, 0.3) is 0 Å². The van der Waals surface area contributed by atoms with Gasteiger partial charge in [0, 0.05) is 24.2 Å². The van der Waals surface area contributed by atoms with Gasteiger partial charge in [-0.2, -0.15) is 0 Å². The van der Waals surface area contributed by atoms with Crippen LogP contribution in [0.3, 0.4) is 0 Å². The number of para-hydroxylation sites is 1. The molecule has 1 aromatic carbocycles. The molecule has 5 fully saturated rings. The average molecular weight is 576 g/mol. The Labute approximate surface area is 245 Å². The van der Waals surface area contributed by atoms with Gasteiger partial charge in [-0.25, -0.2) is 23.5 Å². The first kappa shape index (κ1) is 26.0. The second kappa shape index (κ2) is 7.97. The number of ether oxygens (including phenoxy) is 4. The van der Waals surface area contributed by atoms with Crippen molar-refractivity contribution in [2.75, 3.05) is 26.4 Å². The first-order chi connectivity index (χ1) is 20.1. The number of aromatic nitrogens is 3. The van der Waals surface area contributed by atoms with Crippen LogP contribution in [0.5, 0.6) is 0 Å². The number of fused-ring (bicyclic) bond motifs is 1. The topological polar surface area (TPSA) is 85.9 Å². The van der Waals surface area contributed by atoms with Gasteiger partial charge in [-0.05, 0) is 68.4 Å². The van der Waals surface area contributed by atoms with Gasteiger partial charge >= 0.3 is 11.4 Å². The fourth-order valence-electron chi connectivity index (χ4n) is 11.7. The summed E-state index contributed by atoms with van der Waals surface area (Å²) >= 11 is 0. The van der Waals surface area contributed by atoms with Crippen molar-refractivity contribution in [3.8, 4) is 5.69 Å². The molecule has 4 aliphatic carbocycles. The highest BCUT2D eigenvalue weighted by atomic mass is 16.7. The van der Waals surface area contributed by atoms with Crippen LogP contribution in [-0.2, 0) is 30.0 Å². The lowest BCUT2D eigenvalue weighted by atomic mass is 9.40. The van der Waals surface area contributed by atoms with Crippen LogP contribution in [0.15, 0.2) is 52.1 Å². The lowest BCUT2D eigenvalue weighted by molar-refractivity contribution is -0.269. The third-order valence-electron chi connectivity index (χ3n) is 13.4. The minimum atomic E-state index is -0.732. The maximum atomic E-state index is 14.8. The van der Waals surface area contributed by atoms with E-state index in [1.807, 2.05) is 39.7 Å². The van der Waals surface area contributed by atoms with Gasteiger partial charge in [0.15, 0.2) is 11.6 Å². The number of nitrogens with zero attached hydrogens (tertiary/aromatic N) is 3. The first-order valence-corrected chi connectivity index (χ1v) is 15.9. The van der Waals surface area contributed by atoms with Crippen LogP contribution < -0.4 is 11.4 Å². The van der Waals surface area contributed by atoms with Crippen molar-refractivity contribution in [3.63, 3.8) is 0 Å². The van der Waals surface area contributed by atoms with Crippen LogP contribution in [0.4, 0.5) is 0 Å². The first-order valence-electron chi connectivity index (χ1n) is 15.9. The molecule has 2 bridgehead atoms. The molecule has 0 amide bonds. The van der Waals surface area contributed by atoms with E-state index in [1.54, 1.807) is 0 Å². The van der Waals surface area contributed by atoms with Gasteiger partial charge in [0.2, 0.25) is 0 Å². The van der Waals surface area contributed by atoms with E-state index in [0.717, 1.165) is 38.5 Å². The molecule has 4 aliphatic heterocycles. The number of hydrogen-bond donors (Lipinski definition) is 0. The summed E-state index contributed by atoms with van der Waals surface area (Å²) in [6, 6.07) is 9.39. The largest absolute Gasteiger partial charge is 0.352 e. The van der Waals surface area contributed by atoms with E-state index < -0.39 is 22.7 Å². The van der Waals surface area contributed by atoms with Gasteiger partial charge in [-0.1, -0.05) is 44.2 Å². The van der Waals surface area contributed by atoms with Gasteiger partial charge in [-0.15, -0.1) is 0 Å². The predicted molar refractivity (Wildman–Crippen MR) is 153 cm³/mol. The van der Waals surface area contributed by atoms with Crippen molar-refractivity contribution in [3.05, 3.63) is 63.5 Å². The van der Waals surface area contributed by atoms with Crippen LogP contribution >= 0.6 is 0 Å². The molecular weight excluding hydrogens is 534 g/mol. The van der Waals surface area contributed by atoms with E-state index in [-0.39, 0.29) is 40.0 Å². The zero-order chi connectivity index (χ0) is 28.8. The van der Waals surface area contributed by atoms with Crippen molar-refractivity contribution in [2.24, 2.45) is 28.6 Å². The Hall–Kier alpha value is -2.46. The van der Waals surface area contributed by atoms with Crippen molar-refractivity contribution in [2.45, 2.75) is 88.4 Å². The summed E-state index contributed by atoms with van der Waals surface area (Å²) in [6.45, 7) is 9.25. The lowest BCUT2D eigenvalue weighted by Gasteiger charge is -2.72. The average Bonchev–Trinajstić information content (AvgIpc) is 3.76. The third-order valence-corrected chi connectivity index (χ3v) is 13.4. The molecule has 8 aliphatic rings. The zero-order valence-corrected chi connectivity index (χ0v) is 24.8. The molecule has 3 spiro atoms. The minimum Gasteiger partial charge on any atom is -0.348 e. The quantitative estimate of drug-likeness (QED) is 0.505. The maximum Gasteiger partial charge on any atom is 0.352 e. The van der Waals surface area contributed by atoms with E-state index in [9.17, 15) is 9.59 Å². The maximum absolute atomic E-state index is 14.8. The lowest BCUT2D eigenvalue weighted by Crippen LogP contribution is -2.77. The molecule has 0 radical (unpaired) electrons. The van der Waals surface area contributed by atoms with Crippen molar-refractivity contribution < 1.29 is 18.9 Å². The van der Waals surface area contributed by atoms with Crippen LogP contribution in [0.1, 0.15) is 65.7 Å². The number of hydrogen-bond acceptors (Lipinski definition) is 6. The molecule has 9 heteroatoms. The zero-order valence-electron chi connectivity index (χ0n) is 24.8. The molecule has 2 unspecified atom stereocenters. The Bertz CT molecular complexity index is 1610. The van der Waals surface area contributed by atoms with E-state index in [2.05, 4.69) is 32.9 Å². The second-order valence-electron chi connectivity index (χ2n) is 14.7. The summed E-state index contributed by atoms with van der Waals surface area (Å²) in [5.74, 6) is -0.779. The van der Waals surface area contributed by atoms with Crippen molar-refractivity contribution in [1.29, 1.82) is 0 Å².